The Hall–Kier alpha value is -3.29. The van der Waals surface area contributed by atoms with Crippen molar-refractivity contribution in [3.63, 3.8) is 0 Å². The molecule has 1 aliphatic heterocycles. The Morgan fingerprint density at radius 2 is 1.74 bits per heavy atom. The van der Waals surface area contributed by atoms with Crippen molar-refractivity contribution in [2.24, 2.45) is 0 Å². The van der Waals surface area contributed by atoms with Crippen molar-refractivity contribution in [1.29, 1.82) is 0 Å². The van der Waals surface area contributed by atoms with Gasteiger partial charge in [0.25, 0.3) is 6.43 Å². The predicted molar refractivity (Wildman–Crippen MR) is 144 cm³/mol. The van der Waals surface area contributed by atoms with E-state index in [2.05, 4.69) is 37.3 Å². The zero-order valence-electron chi connectivity index (χ0n) is 21.2. The van der Waals surface area contributed by atoms with Crippen molar-refractivity contribution in [3.05, 3.63) is 89.1 Å². The molecule has 2 aromatic heterocycles. The number of fused-ring (bicyclic) bond motifs is 1. The van der Waals surface area contributed by atoms with Crippen LogP contribution >= 0.6 is 7.14 Å². The standard InChI is InChI=1S/C28H29F3N5OP/c1-18(21-9-6-10-22(26(21)29)27(30)31)33-28-23-15-25(32-16-24(23)34-19(2)35-28)38(37)13-11-36(12-14-38)17-20-7-4-3-5-8-20/h3-10,15-16,18,27H,11-14,17H2,1-2H3,(H,33,34,35). The van der Waals surface area contributed by atoms with Gasteiger partial charge in [-0.1, -0.05) is 48.5 Å². The van der Waals surface area contributed by atoms with E-state index in [1.807, 2.05) is 18.2 Å². The third kappa shape index (κ3) is 5.45. The van der Waals surface area contributed by atoms with Crippen molar-refractivity contribution in [2.45, 2.75) is 32.9 Å². The highest BCUT2D eigenvalue weighted by Crippen LogP contribution is 2.46. The smallest absolute Gasteiger partial charge is 0.266 e. The van der Waals surface area contributed by atoms with Crippen LogP contribution in [0.4, 0.5) is 19.0 Å². The molecule has 1 fully saturated rings. The number of halogens is 3. The van der Waals surface area contributed by atoms with Crippen molar-refractivity contribution in [3.8, 4) is 0 Å². The summed E-state index contributed by atoms with van der Waals surface area (Å²) < 4.78 is 55.2. The molecule has 6 nitrogen and oxygen atoms in total. The second kappa shape index (κ2) is 10.8. The minimum atomic E-state index is -2.91. The number of alkyl halides is 2. The molecule has 0 amide bonds. The van der Waals surface area contributed by atoms with Gasteiger partial charge < -0.3 is 9.88 Å². The number of anilines is 1. The number of pyridine rings is 1. The van der Waals surface area contributed by atoms with Gasteiger partial charge in [-0.3, -0.25) is 9.88 Å². The van der Waals surface area contributed by atoms with Crippen LogP contribution in [0.1, 0.15) is 41.9 Å². The maximum Gasteiger partial charge on any atom is 0.266 e. The summed E-state index contributed by atoms with van der Waals surface area (Å²) in [4.78, 5) is 15.8. The van der Waals surface area contributed by atoms with Crippen molar-refractivity contribution in [1.82, 2.24) is 19.9 Å². The number of aryl methyl sites for hydroxylation is 1. The lowest BCUT2D eigenvalue weighted by Crippen LogP contribution is -2.37. The maximum atomic E-state index is 14.8. The molecule has 1 N–H and O–H groups in total. The second-order valence-electron chi connectivity index (χ2n) is 9.69. The van der Waals surface area contributed by atoms with E-state index in [0.29, 0.717) is 53.4 Å². The molecule has 198 valence electrons. The molecule has 0 radical (unpaired) electrons. The molecule has 38 heavy (non-hydrogen) atoms. The molecule has 0 spiro atoms. The van der Waals surface area contributed by atoms with Gasteiger partial charge >= 0.3 is 0 Å². The number of rotatable bonds is 7. The van der Waals surface area contributed by atoms with Crippen molar-refractivity contribution >= 4 is 29.3 Å². The number of aromatic nitrogens is 3. The summed E-state index contributed by atoms with van der Waals surface area (Å²) in [7, 11) is -2.74. The van der Waals surface area contributed by atoms with E-state index in [-0.39, 0.29) is 5.56 Å². The summed E-state index contributed by atoms with van der Waals surface area (Å²) in [6.07, 6.45) is -0.260. The van der Waals surface area contributed by atoms with E-state index in [0.717, 1.165) is 12.6 Å². The molecule has 0 aliphatic carbocycles. The third-order valence-electron chi connectivity index (χ3n) is 7.01. The van der Waals surface area contributed by atoms with Crippen LogP contribution < -0.4 is 10.8 Å². The fraction of sp³-hybridized carbons (Fsp3) is 0.321. The van der Waals surface area contributed by atoms with Crippen molar-refractivity contribution in [2.75, 3.05) is 30.7 Å². The van der Waals surface area contributed by atoms with Gasteiger partial charge in [0.05, 0.1) is 23.3 Å². The van der Waals surface area contributed by atoms with Gasteiger partial charge in [-0.25, -0.2) is 23.1 Å². The van der Waals surface area contributed by atoms with Crippen LogP contribution in [0.5, 0.6) is 0 Å². The van der Waals surface area contributed by atoms with E-state index < -0.39 is 31.0 Å². The topological polar surface area (TPSA) is 71.0 Å². The van der Waals surface area contributed by atoms with E-state index in [1.54, 1.807) is 26.1 Å². The van der Waals surface area contributed by atoms with Crippen LogP contribution in [0.15, 0.2) is 60.8 Å². The Morgan fingerprint density at radius 1 is 1.03 bits per heavy atom. The van der Waals surface area contributed by atoms with Crippen LogP contribution in [0.25, 0.3) is 10.9 Å². The molecule has 5 rings (SSSR count). The van der Waals surface area contributed by atoms with Crippen LogP contribution in [0.3, 0.4) is 0 Å². The average Bonchev–Trinajstić information content (AvgIpc) is 2.90. The second-order valence-corrected chi connectivity index (χ2v) is 12.8. The normalized spacial score (nSPS) is 16.6. The molecule has 1 atom stereocenters. The number of nitrogens with one attached hydrogen (secondary N) is 1. The molecule has 3 heterocycles. The first-order valence-electron chi connectivity index (χ1n) is 12.6. The Labute approximate surface area is 219 Å². The van der Waals surface area contributed by atoms with E-state index in [4.69, 9.17) is 0 Å². The largest absolute Gasteiger partial charge is 0.363 e. The zero-order chi connectivity index (χ0) is 26.9. The summed E-state index contributed by atoms with van der Waals surface area (Å²) in [5.41, 5.74) is 1.79. The fourth-order valence-corrected chi connectivity index (χ4v) is 7.41. The lowest BCUT2D eigenvalue weighted by atomic mass is 10.0. The van der Waals surface area contributed by atoms with Crippen molar-refractivity contribution < 1.29 is 17.7 Å². The maximum absolute atomic E-state index is 14.8. The average molecular weight is 540 g/mol. The Morgan fingerprint density at radius 3 is 2.45 bits per heavy atom. The minimum Gasteiger partial charge on any atom is -0.363 e. The Bertz CT molecular complexity index is 1490. The number of hydrogen-bond donors (Lipinski definition) is 1. The number of hydrogen-bond acceptors (Lipinski definition) is 6. The minimum absolute atomic E-state index is 0.111. The molecule has 10 heteroatoms. The molecule has 1 aliphatic rings. The first kappa shape index (κ1) is 26.3. The fourth-order valence-electron chi connectivity index (χ4n) is 4.88. The quantitative estimate of drug-likeness (QED) is 0.287. The van der Waals surface area contributed by atoms with E-state index in [1.165, 1.54) is 17.7 Å². The monoisotopic (exact) mass is 539 g/mol. The Kier molecular flexibility index (Phi) is 7.50. The summed E-state index contributed by atoms with van der Waals surface area (Å²) in [6.45, 7) is 5.64. The lowest BCUT2D eigenvalue weighted by Gasteiger charge is -2.32. The van der Waals surface area contributed by atoms with E-state index >= 15 is 0 Å². The highest BCUT2D eigenvalue weighted by atomic mass is 31.2. The van der Waals surface area contributed by atoms with Gasteiger partial charge in [0.15, 0.2) is 0 Å². The van der Waals surface area contributed by atoms with Gasteiger partial charge in [0.2, 0.25) is 0 Å². The summed E-state index contributed by atoms with van der Waals surface area (Å²) in [6, 6.07) is 15.3. The van der Waals surface area contributed by atoms with Crippen LogP contribution in [0, 0.1) is 12.7 Å². The molecular formula is C28H29F3N5OP. The van der Waals surface area contributed by atoms with Crippen LogP contribution in [-0.2, 0) is 11.1 Å². The first-order chi connectivity index (χ1) is 18.2. The van der Waals surface area contributed by atoms with E-state index in [9.17, 15) is 17.7 Å². The molecule has 1 unspecified atom stereocenters. The zero-order valence-corrected chi connectivity index (χ0v) is 22.1. The molecular weight excluding hydrogens is 510 g/mol. The molecule has 1 saturated heterocycles. The molecule has 0 saturated carbocycles. The van der Waals surface area contributed by atoms with Crippen LogP contribution in [0.2, 0.25) is 0 Å². The summed E-state index contributed by atoms with van der Waals surface area (Å²) in [5, 5.41) is 3.78. The summed E-state index contributed by atoms with van der Waals surface area (Å²) in [5.74, 6) is -0.0455. The highest BCUT2D eigenvalue weighted by molar-refractivity contribution is 7.71. The van der Waals surface area contributed by atoms with Gasteiger partial charge in [0, 0.05) is 42.9 Å². The predicted octanol–water partition coefficient (Wildman–Crippen LogP) is 6.09. The molecule has 2 aromatic carbocycles. The SMILES string of the molecule is Cc1nc(NC(C)c2cccc(C(F)F)c2F)c2cc(P3(=O)CCN(Cc4ccccc4)CC3)ncc2n1. The molecule has 0 bridgehead atoms. The lowest BCUT2D eigenvalue weighted by molar-refractivity contribution is 0.146. The van der Waals surface area contributed by atoms with Gasteiger partial charge in [-0.05, 0) is 25.5 Å². The van der Waals surface area contributed by atoms with Gasteiger partial charge in [-0.15, -0.1) is 0 Å². The first-order valence-corrected chi connectivity index (χ1v) is 14.6. The van der Waals surface area contributed by atoms with Gasteiger partial charge in [0.1, 0.15) is 30.0 Å². The third-order valence-corrected chi connectivity index (χ3v) is 9.94. The van der Waals surface area contributed by atoms with Gasteiger partial charge in [-0.2, -0.15) is 0 Å². The number of nitrogens with zero attached hydrogens (tertiary/aromatic N) is 4. The summed E-state index contributed by atoms with van der Waals surface area (Å²) >= 11 is 0. The van der Waals surface area contributed by atoms with Crippen LogP contribution in [-0.4, -0.2) is 45.3 Å². The molecule has 4 aromatic rings. The Balaban J connectivity index is 1.40. The number of benzene rings is 2. The highest BCUT2D eigenvalue weighted by Gasteiger charge is 2.32.